The van der Waals surface area contributed by atoms with Gasteiger partial charge in [-0.2, -0.15) is 12.6 Å². The number of thioether (sulfide) groups is 1. The fourth-order valence-electron chi connectivity index (χ4n) is 1.66. The molecular weight excluding hydrogens is 500 g/mol. The highest BCUT2D eigenvalue weighted by Gasteiger charge is 2.32. The number of hydrogen-bond acceptors (Lipinski definition) is 10. The number of imide groups is 1. The van der Waals surface area contributed by atoms with Crippen molar-refractivity contribution in [2.75, 3.05) is 31.6 Å². The number of carbonyl (C=O) groups is 7. The molecule has 0 radical (unpaired) electrons. The van der Waals surface area contributed by atoms with E-state index in [2.05, 4.69) is 47.3 Å². The van der Waals surface area contributed by atoms with Crippen LogP contribution in [-0.2, 0) is 38.4 Å². The molecule has 12 nitrogen and oxygen atoms in total. The molecule has 3 N–H and O–H groups in total. The van der Waals surface area contributed by atoms with Gasteiger partial charge in [0.2, 0.25) is 17.7 Å². The van der Waals surface area contributed by atoms with Crippen LogP contribution in [0.5, 0.6) is 0 Å². The van der Waals surface area contributed by atoms with E-state index in [0.29, 0.717) is 5.06 Å². The van der Waals surface area contributed by atoms with E-state index in [1.165, 1.54) is 19.8 Å². The Morgan fingerprint density at radius 1 is 0.829 bits per heavy atom. The van der Waals surface area contributed by atoms with Gasteiger partial charge in [0.05, 0.1) is 18.8 Å². The second kappa shape index (κ2) is 24.5. The lowest BCUT2D eigenvalue weighted by Gasteiger charge is -2.13. The smallest absolute Gasteiger partial charge is 0.346 e. The Hall–Kier alpha value is -2.61. The molecule has 1 aliphatic rings. The lowest BCUT2D eigenvalue weighted by atomic mass is 10.4. The van der Waals surface area contributed by atoms with Gasteiger partial charge in [-0.25, -0.2) is 4.79 Å². The van der Waals surface area contributed by atoms with Crippen LogP contribution in [-0.4, -0.2) is 77.3 Å². The van der Waals surface area contributed by atoms with E-state index >= 15 is 0 Å². The van der Waals surface area contributed by atoms with Crippen LogP contribution in [0.4, 0.5) is 0 Å². The number of hydroxylamine groups is 2. The highest BCUT2D eigenvalue weighted by molar-refractivity contribution is 8.14. The molecule has 0 aliphatic carbocycles. The molecule has 0 unspecified atom stereocenters. The zero-order valence-electron chi connectivity index (χ0n) is 21.2. The summed E-state index contributed by atoms with van der Waals surface area (Å²) in [6, 6.07) is 0. The summed E-state index contributed by atoms with van der Waals surface area (Å²) >= 11 is 4.32. The second-order valence-electron chi connectivity index (χ2n) is 6.16. The van der Waals surface area contributed by atoms with Gasteiger partial charge < -0.3 is 20.8 Å². The van der Waals surface area contributed by atoms with E-state index in [1.54, 1.807) is 6.26 Å². The molecule has 0 aromatic carbocycles. The van der Waals surface area contributed by atoms with Crippen molar-refractivity contribution in [3.63, 3.8) is 0 Å². The van der Waals surface area contributed by atoms with Crippen LogP contribution >= 0.6 is 24.4 Å². The molecule has 0 atom stereocenters. The third kappa shape index (κ3) is 21.6. The molecule has 0 saturated carbocycles. The zero-order chi connectivity index (χ0) is 27.8. The lowest BCUT2D eigenvalue weighted by molar-refractivity contribution is -0.196. The maximum absolute atomic E-state index is 11.5. The van der Waals surface area contributed by atoms with E-state index < -0.39 is 48.6 Å². The van der Waals surface area contributed by atoms with Crippen molar-refractivity contribution in [1.29, 1.82) is 0 Å². The van der Waals surface area contributed by atoms with Crippen molar-refractivity contribution in [2.45, 2.75) is 60.3 Å². The first-order valence-electron chi connectivity index (χ1n) is 11.0. The van der Waals surface area contributed by atoms with Crippen LogP contribution in [0.3, 0.4) is 0 Å². The predicted molar refractivity (Wildman–Crippen MR) is 136 cm³/mol. The van der Waals surface area contributed by atoms with Crippen molar-refractivity contribution in [1.82, 2.24) is 21.0 Å². The zero-order valence-corrected chi connectivity index (χ0v) is 22.9. The van der Waals surface area contributed by atoms with Crippen LogP contribution in [0.1, 0.15) is 60.3 Å². The number of nitrogens with zero attached hydrogens (tertiary/aromatic N) is 1. The number of amides is 5. The molecule has 202 valence electrons. The van der Waals surface area contributed by atoms with Gasteiger partial charge in [0.25, 0.3) is 11.8 Å². The Bertz CT molecular complexity index is 687. The molecule has 0 aromatic rings. The average molecular weight is 539 g/mol. The van der Waals surface area contributed by atoms with Gasteiger partial charge in [-0.1, -0.05) is 52.3 Å². The van der Waals surface area contributed by atoms with Gasteiger partial charge in [-0.05, 0) is 6.26 Å². The first-order chi connectivity index (χ1) is 16.6. The molecule has 1 heterocycles. The fraction of sp³-hybridized carbons (Fsp3) is 0.667. The van der Waals surface area contributed by atoms with Crippen LogP contribution < -0.4 is 16.0 Å². The quantitative estimate of drug-likeness (QED) is 0.230. The number of rotatable bonds is 10. The first kappa shape index (κ1) is 36.9. The fourth-order valence-corrected chi connectivity index (χ4v) is 2.10. The molecule has 0 aromatic heterocycles. The maximum Gasteiger partial charge on any atom is 0.352 e. The first-order valence-corrected chi connectivity index (χ1v) is 12.9. The SMILES string of the molecule is CC.CC(=O)SCC(=O)NCC(=O)NCC(=O)NCC(=O)ON1C(=O)CCC1=O.CCCC.CS. The second-order valence-corrected chi connectivity index (χ2v) is 7.31. The van der Waals surface area contributed by atoms with Gasteiger partial charge in [0, 0.05) is 19.8 Å². The molecule has 1 rings (SSSR count). The molecular formula is C21H38N4O8S2. The summed E-state index contributed by atoms with van der Waals surface area (Å²) < 4.78 is 0. The summed E-state index contributed by atoms with van der Waals surface area (Å²) in [5, 5.41) is 6.72. The number of hydrogen-bond donors (Lipinski definition) is 4. The Kier molecular flexibility index (Phi) is 25.9. The van der Waals surface area contributed by atoms with E-state index in [4.69, 9.17) is 0 Å². The standard InChI is InChI=1S/C14H18N4O8S.C4H10.C2H6.CH4S/c1-8(19)27-7-11(22)16-5-9(20)15-4-10(21)17-6-14(25)26-18-12(23)2-3-13(18)24;1-3-4-2;2*1-2/h2-7H2,1H3,(H,15,20)(H,16,22)(H,17,21);3-4H2,1-2H3;1-2H3;2H,1H3. The topological polar surface area (TPSA) is 168 Å². The largest absolute Gasteiger partial charge is 0.352 e. The van der Waals surface area contributed by atoms with Gasteiger partial charge in [-0.3, -0.25) is 28.8 Å². The maximum atomic E-state index is 11.5. The molecule has 0 spiro atoms. The van der Waals surface area contributed by atoms with Crippen molar-refractivity contribution >= 4 is 65.0 Å². The minimum atomic E-state index is -1.02. The summed E-state index contributed by atoms with van der Waals surface area (Å²) in [5.74, 6) is -4.31. The van der Waals surface area contributed by atoms with Crippen LogP contribution in [0.25, 0.3) is 0 Å². The van der Waals surface area contributed by atoms with Crippen LogP contribution in [0.2, 0.25) is 0 Å². The van der Waals surface area contributed by atoms with Crippen LogP contribution in [0, 0.1) is 0 Å². The number of carbonyl (C=O) groups excluding carboxylic acids is 7. The molecule has 1 fully saturated rings. The molecule has 5 amide bonds. The van der Waals surface area contributed by atoms with Gasteiger partial charge >= 0.3 is 5.97 Å². The summed E-state index contributed by atoms with van der Waals surface area (Å²) in [6.45, 7) is 8.21. The molecule has 35 heavy (non-hydrogen) atoms. The third-order valence-electron chi connectivity index (χ3n) is 3.43. The van der Waals surface area contributed by atoms with Crippen molar-refractivity contribution in [2.24, 2.45) is 0 Å². The molecule has 14 heteroatoms. The molecule has 1 saturated heterocycles. The van der Waals surface area contributed by atoms with Crippen molar-refractivity contribution in [3.05, 3.63) is 0 Å². The summed E-state index contributed by atoms with van der Waals surface area (Å²) in [5.41, 5.74) is 0. The monoisotopic (exact) mass is 538 g/mol. The summed E-state index contributed by atoms with van der Waals surface area (Å²) in [7, 11) is 0. The number of nitrogens with one attached hydrogen (secondary N) is 3. The Morgan fingerprint density at radius 2 is 1.23 bits per heavy atom. The number of unbranched alkanes of at least 4 members (excludes halogenated alkanes) is 1. The van der Waals surface area contributed by atoms with Crippen molar-refractivity contribution in [3.8, 4) is 0 Å². The molecule has 0 bridgehead atoms. The van der Waals surface area contributed by atoms with E-state index in [0.717, 1.165) is 11.8 Å². The van der Waals surface area contributed by atoms with Crippen LogP contribution in [0.15, 0.2) is 0 Å². The summed E-state index contributed by atoms with van der Waals surface area (Å²) in [4.78, 5) is 83.5. The predicted octanol–water partition coefficient (Wildman–Crippen LogP) is 0.601. The minimum absolute atomic E-state index is 0.0471. The summed E-state index contributed by atoms with van der Waals surface area (Å²) in [6.07, 6.45) is 4.24. The van der Waals surface area contributed by atoms with Gasteiger partial charge in [0.15, 0.2) is 5.12 Å². The highest BCUT2D eigenvalue weighted by Crippen LogP contribution is 2.11. The minimum Gasteiger partial charge on any atom is -0.346 e. The van der Waals surface area contributed by atoms with Gasteiger partial charge in [-0.15, -0.1) is 5.06 Å². The van der Waals surface area contributed by atoms with Crippen molar-refractivity contribution < 1.29 is 38.4 Å². The van der Waals surface area contributed by atoms with Gasteiger partial charge in [0.1, 0.15) is 6.54 Å². The third-order valence-corrected chi connectivity index (χ3v) is 4.24. The van der Waals surface area contributed by atoms with E-state index in [-0.39, 0.29) is 30.3 Å². The molecule has 1 aliphatic heterocycles. The lowest BCUT2D eigenvalue weighted by Crippen LogP contribution is -2.44. The normalized spacial score (nSPS) is 11.3. The Morgan fingerprint density at radius 3 is 1.63 bits per heavy atom. The Balaban J connectivity index is -0.00000113. The van der Waals surface area contributed by atoms with E-state index in [9.17, 15) is 33.6 Å². The Labute approximate surface area is 216 Å². The average Bonchev–Trinajstić information content (AvgIpc) is 3.18. The van der Waals surface area contributed by atoms with E-state index in [1.807, 2.05) is 13.8 Å². The highest BCUT2D eigenvalue weighted by atomic mass is 32.2. The number of thiol groups is 1.